The van der Waals surface area contributed by atoms with Gasteiger partial charge in [-0.15, -0.1) is 11.8 Å². The van der Waals surface area contributed by atoms with Crippen molar-refractivity contribution in [2.75, 3.05) is 5.73 Å². The van der Waals surface area contributed by atoms with Crippen LogP contribution in [0.1, 0.15) is 30.4 Å². The maximum absolute atomic E-state index is 5.74. The molecule has 6 heteroatoms. The lowest BCUT2D eigenvalue weighted by Gasteiger charge is -2.05. The molecule has 2 N–H and O–H groups in total. The number of hydrogen-bond acceptors (Lipinski definition) is 5. The minimum absolute atomic E-state index is 0.333. The van der Waals surface area contributed by atoms with Crippen molar-refractivity contribution in [1.82, 2.24) is 15.0 Å². The summed E-state index contributed by atoms with van der Waals surface area (Å²) in [6.45, 7) is 0. The van der Waals surface area contributed by atoms with Gasteiger partial charge in [0.2, 0.25) is 5.95 Å². The fraction of sp³-hybridized carbons (Fsp3) is 0.308. The molecule has 4 nitrogen and oxygen atoms in total. The molecule has 1 aromatic heterocycles. The number of hydrogen-bond donors (Lipinski definition) is 1. The van der Waals surface area contributed by atoms with Crippen LogP contribution in [0.5, 0.6) is 0 Å². The average molecular weight is 337 g/mol. The van der Waals surface area contributed by atoms with Crippen LogP contribution in [0.2, 0.25) is 0 Å². The standard InChI is InChI=1S/C13H13BrN4S/c14-9-3-1-2-4-10(9)19-7-11-16-12(8-5-6-8)18-13(15)17-11/h1-4,8H,5-7H2,(H2,15,16,17,18). The predicted octanol–water partition coefficient (Wildman–Crippen LogP) is 3.39. The molecule has 0 bridgehead atoms. The first-order valence-electron chi connectivity index (χ1n) is 6.10. The Morgan fingerprint density at radius 2 is 2.00 bits per heavy atom. The van der Waals surface area contributed by atoms with Crippen LogP contribution in [-0.4, -0.2) is 15.0 Å². The van der Waals surface area contributed by atoms with Crippen LogP contribution >= 0.6 is 27.7 Å². The Kier molecular flexibility index (Phi) is 3.70. The Morgan fingerprint density at radius 3 is 2.74 bits per heavy atom. The molecular weight excluding hydrogens is 324 g/mol. The third kappa shape index (κ3) is 3.25. The second kappa shape index (κ2) is 5.46. The number of benzene rings is 1. The summed E-state index contributed by atoms with van der Waals surface area (Å²) in [6.07, 6.45) is 2.33. The van der Waals surface area contributed by atoms with Gasteiger partial charge in [-0.2, -0.15) is 9.97 Å². The molecule has 1 aliphatic rings. The molecule has 1 aliphatic carbocycles. The Morgan fingerprint density at radius 1 is 1.21 bits per heavy atom. The Balaban J connectivity index is 1.74. The summed E-state index contributed by atoms with van der Waals surface area (Å²) in [5.41, 5.74) is 5.74. The maximum Gasteiger partial charge on any atom is 0.223 e. The van der Waals surface area contributed by atoms with Crippen LogP contribution < -0.4 is 5.73 Å². The molecule has 1 aromatic carbocycles. The summed E-state index contributed by atoms with van der Waals surface area (Å²) < 4.78 is 1.09. The van der Waals surface area contributed by atoms with Crippen LogP contribution in [0, 0.1) is 0 Å². The SMILES string of the molecule is Nc1nc(CSc2ccccc2Br)nc(C2CC2)n1. The van der Waals surface area contributed by atoms with E-state index in [9.17, 15) is 0 Å². The normalized spacial score (nSPS) is 14.6. The molecule has 1 fully saturated rings. The summed E-state index contributed by atoms with van der Waals surface area (Å²) in [7, 11) is 0. The van der Waals surface area contributed by atoms with E-state index in [-0.39, 0.29) is 0 Å². The molecular formula is C13H13BrN4S. The van der Waals surface area contributed by atoms with Crippen molar-refractivity contribution < 1.29 is 0 Å². The fourth-order valence-corrected chi connectivity index (χ4v) is 3.17. The number of rotatable bonds is 4. The van der Waals surface area contributed by atoms with Crippen LogP contribution in [0.4, 0.5) is 5.95 Å². The molecule has 2 aromatic rings. The van der Waals surface area contributed by atoms with E-state index < -0.39 is 0 Å². The molecule has 3 rings (SSSR count). The third-order valence-electron chi connectivity index (χ3n) is 2.85. The summed E-state index contributed by atoms with van der Waals surface area (Å²) >= 11 is 5.23. The fourth-order valence-electron chi connectivity index (χ4n) is 1.75. The topological polar surface area (TPSA) is 64.7 Å². The number of anilines is 1. The van der Waals surface area contributed by atoms with E-state index in [1.807, 2.05) is 18.2 Å². The molecule has 0 amide bonds. The van der Waals surface area contributed by atoms with E-state index in [0.29, 0.717) is 17.6 Å². The van der Waals surface area contributed by atoms with E-state index in [1.165, 1.54) is 17.7 Å². The van der Waals surface area contributed by atoms with Gasteiger partial charge in [0.25, 0.3) is 0 Å². The lowest BCUT2D eigenvalue weighted by Crippen LogP contribution is -2.05. The largest absolute Gasteiger partial charge is 0.368 e. The monoisotopic (exact) mass is 336 g/mol. The lowest BCUT2D eigenvalue weighted by molar-refractivity contribution is 0.858. The van der Waals surface area contributed by atoms with Gasteiger partial charge in [-0.1, -0.05) is 12.1 Å². The average Bonchev–Trinajstić information content (AvgIpc) is 3.21. The van der Waals surface area contributed by atoms with Crippen molar-refractivity contribution in [3.63, 3.8) is 0 Å². The maximum atomic E-state index is 5.74. The van der Waals surface area contributed by atoms with Crippen molar-refractivity contribution in [2.45, 2.75) is 29.4 Å². The van der Waals surface area contributed by atoms with E-state index in [4.69, 9.17) is 5.73 Å². The zero-order valence-electron chi connectivity index (χ0n) is 10.2. The third-order valence-corrected chi connectivity index (χ3v) is 4.88. The van der Waals surface area contributed by atoms with Crippen molar-refractivity contribution in [2.24, 2.45) is 0 Å². The van der Waals surface area contributed by atoms with Gasteiger partial charge in [-0.05, 0) is 40.9 Å². The second-order valence-corrected chi connectivity index (χ2v) is 6.33. The Hall–Kier alpha value is -1.14. The van der Waals surface area contributed by atoms with Gasteiger partial charge in [0.15, 0.2) is 0 Å². The quantitative estimate of drug-likeness (QED) is 0.867. The number of aromatic nitrogens is 3. The number of nitrogen functional groups attached to an aromatic ring is 1. The molecule has 0 saturated heterocycles. The van der Waals surface area contributed by atoms with Gasteiger partial charge < -0.3 is 5.73 Å². The zero-order chi connectivity index (χ0) is 13.2. The van der Waals surface area contributed by atoms with E-state index in [1.54, 1.807) is 11.8 Å². The van der Waals surface area contributed by atoms with Gasteiger partial charge >= 0.3 is 0 Å². The molecule has 0 spiro atoms. The minimum atomic E-state index is 0.333. The Labute approximate surface area is 124 Å². The highest BCUT2D eigenvalue weighted by molar-refractivity contribution is 9.10. The highest BCUT2D eigenvalue weighted by Gasteiger charge is 2.27. The van der Waals surface area contributed by atoms with Gasteiger partial charge in [-0.3, -0.25) is 0 Å². The van der Waals surface area contributed by atoms with Crippen LogP contribution in [-0.2, 0) is 5.75 Å². The van der Waals surface area contributed by atoms with Crippen LogP contribution in [0.25, 0.3) is 0 Å². The molecule has 0 aliphatic heterocycles. The van der Waals surface area contributed by atoms with Crippen LogP contribution in [0.3, 0.4) is 0 Å². The van der Waals surface area contributed by atoms with Gasteiger partial charge in [-0.25, -0.2) is 4.98 Å². The number of nitrogens with two attached hydrogens (primary N) is 1. The lowest BCUT2D eigenvalue weighted by atomic mass is 10.4. The highest BCUT2D eigenvalue weighted by Crippen LogP contribution is 2.38. The van der Waals surface area contributed by atoms with Gasteiger partial charge in [0.1, 0.15) is 11.6 Å². The van der Waals surface area contributed by atoms with E-state index in [0.717, 1.165) is 16.1 Å². The number of thioether (sulfide) groups is 1. The highest BCUT2D eigenvalue weighted by atomic mass is 79.9. The molecule has 98 valence electrons. The number of halogens is 1. The van der Waals surface area contributed by atoms with Crippen LogP contribution in [0.15, 0.2) is 33.6 Å². The van der Waals surface area contributed by atoms with Gasteiger partial charge in [0.05, 0.1) is 5.75 Å². The summed E-state index contributed by atoms with van der Waals surface area (Å²) in [5, 5.41) is 0. The zero-order valence-corrected chi connectivity index (χ0v) is 12.6. The predicted molar refractivity (Wildman–Crippen MR) is 79.9 cm³/mol. The molecule has 1 saturated carbocycles. The number of nitrogens with zero attached hydrogens (tertiary/aromatic N) is 3. The van der Waals surface area contributed by atoms with E-state index >= 15 is 0 Å². The smallest absolute Gasteiger partial charge is 0.223 e. The van der Waals surface area contributed by atoms with Crippen molar-refractivity contribution in [1.29, 1.82) is 0 Å². The van der Waals surface area contributed by atoms with Crippen molar-refractivity contribution in [3.8, 4) is 0 Å². The molecule has 0 unspecified atom stereocenters. The van der Waals surface area contributed by atoms with Crippen molar-refractivity contribution >= 4 is 33.6 Å². The molecule has 1 heterocycles. The first-order chi connectivity index (χ1) is 9.22. The minimum Gasteiger partial charge on any atom is -0.368 e. The first-order valence-corrected chi connectivity index (χ1v) is 7.88. The second-order valence-electron chi connectivity index (χ2n) is 4.46. The molecule has 0 atom stereocenters. The summed E-state index contributed by atoms with van der Waals surface area (Å²) in [5.74, 6) is 3.15. The summed E-state index contributed by atoms with van der Waals surface area (Å²) in [6, 6.07) is 8.12. The first kappa shape index (κ1) is 12.9. The Bertz CT molecular complexity index is 601. The van der Waals surface area contributed by atoms with E-state index in [2.05, 4.69) is 36.9 Å². The molecule has 0 radical (unpaired) electrons. The van der Waals surface area contributed by atoms with Crippen molar-refractivity contribution in [3.05, 3.63) is 40.4 Å². The van der Waals surface area contributed by atoms with Gasteiger partial charge in [0, 0.05) is 15.3 Å². The summed E-state index contributed by atoms with van der Waals surface area (Å²) in [4.78, 5) is 14.1. The molecule has 19 heavy (non-hydrogen) atoms.